The summed E-state index contributed by atoms with van der Waals surface area (Å²) in [7, 11) is 0. The van der Waals surface area contributed by atoms with Gasteiger partial charge in [-0.1, -0.05) is 26.2 Å². The summed E-state index contributed by atoms with van der Waals surface area (Å²) in [6, 6.07) is 0. The molecule has 0 saturated heterocycles. The molecule has 0 aromatic carbocycles. The fraction of sp³-hybridized carbons (Fsp3) is 0.750. The lowest BCUT2D eigenvalue weighted by Crippen LogP contribution is -2.11. The van der Waals surface area contributed by atoms with Crippen LogP contribution in [0.5, 0.6) is 0 Å². The van der Waals surface area contributed by atoms with Gasteiger partial charge in [0, 0.05) is 23.1 Å². The maximum absolute atomic E-state index is 4.74. The minimum atomic E-state index is 0.820. The first-order valence-corrected chi connectivity index (χ1v) is 9.01. The van der Waals surface area contributed by atoms with Gasteiger partial charge in [-0.2, -0.15) is 11.8 Å². The second kappa shape index (κ2) is 7.87. The number of nitrogens with zero attached hydrogens (tertiary/aromatic N) is 2. The smallest absolute Gasteiger partial charge is 0.140 e. The summed E-state index contributed by atoms with van der Waals surface area (Å²) in [6.45, 7) is 7.31. The Bertz CT molecular complexity index is 428. The van der Waals surface area contributed by atoms with Crippen molar-refractivity contribution in [2.24, 2.45) is 0 Å². The zero-order valence-electron chi connectivity index (χ0n) is 13.0. The molecule has 1 saturated carbocycles. The molecule has 1 aliphatic carbocycles. The normalized spacial score (nSPS) is 16.4. The van der Waals surface area contributed by atoms with E-state index >= 15 is 0 Å². The first-order chi connectivity index (χ1) is 9.74. The first-order valence-electron chi connectivity index (χ1n) is 7.96. The Labute approximate surface area is 127 Å². The molecular formula is C16H27N3S. The minimum Gasteiger partial charge on any atom is -0.370 e. The van der Waals surface area contributed by atoms with Crippen LogP contribution in [0.2, 0.25) is 0 Å². The average Bonchev–Trinajstić information content (AvgIpc) is 2.46. The van der Waals surface area contributed by atoms with Crippen molar-refractivity contribution in [1.29, 1.82) is 0 Å². The molecule has 1 aromatic heterocycles. The maximum atomic E-state index is 4.74. The van der Waals surface area contributed by atoms with E-state index < -0.39 is 0 Å². The Morgan fingerprint density at radius 1 is 1.15 bits per heavy atom. The van der Waals surface area contributed by atoms with E-state index in [0.717, 1.165) is 41.3 Å². The lowest BCUT2D eigenvalue weighted by molar-refractivity contribution is 0.516. The van der Waals surface area contributed by atoms with E-state index in [1.807, 2.05) is 11.8 Å². The van der Waals surface area contributed by atoms with E-state index in [-0.39, 0.29) is 0 Å². The standard InChI is InChI=1S/C16H27N3S/c1-4-14-12(3)18-15(19-16(14)17-5-2)11-20-13-9-7-6-8-10-13/h13H,4-11H2,1-3H3,(H,17,18,19). The van der Waals surface area contributed by atoms with E-state index in [1.165, 1.54) is 37.7 Å². The summed E-state index contributed by atoms with van der Waals surface area (Å²) in [5.74, 6) is 2.99. The van der Waals surface area contributed by atoms with Crippen LogP contribution in [-0.4, -0.2) is 21.8 Å². The predicted octanol–water partition coefficient (Wildman–Crippen LogP) is 4.35. The Hall–Kier alpha value is -0.770. The van der Waals surface area contributed by atoms with Gasteiger partial charge in [-0.25, -0.2) is 9.97 Å². The van der Waals surface area contributed by atoms with Crippen LogP contribution in [0.3, 0.4) is 0 Å². The molecule has 112 valence electrons. The van der Waals surface area contributed by atoms with Crippen LogP contribution in [0.1, 0.15) is 63.0 Å². The van der Waals surface area contributed by atoms with E-state index in [2.05, 4.69) is 26.1 Å². The summed E-state index contributed by atoms with van der Waals surface area (Å²) < 4.78 is 0. The van der Waals surface area contributed by atoms with Crippen LogP contribution in [-0.2, 0) is 12.2 Å². The van der Waals surface area contributed by atoms with Crippen LogP contribution in [0.25, 0.3) is 0 Å². The summed E-state index contributed by atoms with van der Waals surface area (Å²) in [5.41, 5.74) is 2.40. The molecular weight excluding hydrogens is 266 g/mol. The summed E-state index contributed by atoms with van der Waals surface area (Å²) in [5, 5.41) is 4.21. The van der Waals surface area contributed by atoms with Crippen molar-refractivity contribution < 1.29 is 0 Å². The van der Waals surface area contributed by atoms with E-state index in [1.54, 1.807) is 0 Å². The van der Waals surface area contributed by atoms with E-state index in [0.29, 0.717) is 0 Å². The van der Waals surface area contributed by atoms with Crippen LogP contribution in [0.15, 0.2) is 0 Å². The molecule has 0 unspecified atom stereocenters. The fourth-order valence-corrected chi connectivity index (χ4v) is 4.06. The second-order valence-electron chi connectivity index (χ2n) is 5.51. The fourth-order valence-electron chi connectivity index (χ4n) is 2.88. The SMILES string of the molecule is CCNc1nc(CSC2CCCCC2)nc(C)c1CC. The molecule has 0 aliphatic heterocycles. The van der Waals surface area contributed by atoms with Crippen molar-refractivity contribution in [3.63, 3.8) is 0 Å². The van der Waals surface area contributed by atoms with Crippen LogP contribution >= 0.6 is 11.8 Å². The summed E-state index contributed by atoms with van der Waals surface area (Å²) in [6.07, 6.45) is 7.95. The molecule has 0 amide bonds. The molecule has 3 nitrogen and oxygen atoms in total. The molecule has 1 fully saturated rings. The number of aromatic nitrogens is 2. The molecule has 1 aliphatic rings. The highest BCUT2D eigenvalue weighted by Gasteiger charge is 2.15. The summed E-state index contributed by atoms with van der Waals surface area (Å²) >= 11 is 2.05. The number of aryl methyl sites for hydroxylation is 1. The summed E-state index contributed by atoms with van der Waals surface area (Å²) in [4.78, 5) is 9.43. The molecule has 1 aromatic rings. The van der Waals surface area contributed by atoms with Gasteiger partial charge < -0.3 is 5.32 Å². The number of rotatable bonds is 6. The van der Waals surface area contributed by atoms with Crippen molar-refractivity contribution in [3.8, 4) is 0 Å². The van der Waals surface area contributed by atoms with Gasteiger partial charge >= 0.3 is 0 Å². The van der Waals surface area contributed by atoms with E-state index in [9.17, 15) is 0 Å². The van der Waals surface area contributed by atoms with Gasteiger partial charge in [0.25, 0.3) is 0 Å². The third-order valence-electron chi connectivity index (χ3n) is 3.96. The average molecular weight is 293 g/mol. The second-order valence-corrected chi connectivity index (χ2v) is 6.80. The quantitative estimate of drug-likeness (QED) is 0.846. The van der Waals surface area contributed by atoms with Gasteiger partial charge in [-0.15, -0.1) is 0 Å². The third kappa shape index (κ3) is 4.11. The molecule has 0 atom stereocenters. The molecule has 0 spiro atoms. The zero-order chi connectivity index (χ0) is 14.4. The predicted molar refractivity (Wildman–Crippen MR) is 88.5 cm³/mol. The number of anilines is 1. The van der Waals surface area contributed by atoms with Crippen molar-refractivity contribution in [2.45, 2.75) is 70.3 Å². The van der Waals surface area contributed by atoms with Crippen molar-refractivity contribution >= 4 is 17.6 Å². The molecule has 0 radical (unpaired) electrons. The number of nitrogens with one attached hydrogen (secondary N) is 1. The Balaban J connectivity index is 2.03. The van der Waals surface area contributed by atoms with Crippen LogP contribution in [0, 0.1) is 6.92 Å². The molecule has 1 heterocycles. The Kier molecular flexibility index (Phi) is 6.14. The zero-order valence-corrected chi connectivity index (χ0v) is 13.9. The third-order valence-corrected chi connectivity index (χ3v) is 5.33. The Morgan fingerprint density at radius 2 is 1.90 bits per heavy atom. The largest absolute Gasteiger partial charge is 0.370 e. The Morgan fingerprint density at radius 3 is 2.55 bits per heavy atom. The lowest BCUT2D eigenvalue weighted by atomic mass is 10.0. The lowest BCUT2D eigenvalue weighted by Gasteiger charge is -2.21. The van der Waals surface area contributed by atoms with Crippen molar-refractivity contribution in [2.75, 3.05) is 11.9 Å². The number of hydrogen-bond donors (Lipinski definition) is 1. The highest BCUT2D eigenvalue weighted by molar-refractivity contribution is 7.99. The van der Waals surface area contributed by atoms with Gasteiger partial charge in [-0.05, 0) is 33.1 Å². The van der Waals surface area contributed by atoms with E-state index in [4.69, 9.17) is 9.97 Å². The molecule has 0 bridgehead atoms. The first kappa shape index (κ1) is 15.6. The monoisotopic (exact) mass is 293 g/mol. The minimum absolute atomic E-state index is 0.820. The number of hydrogen-bond acceptors (Lipinski definition) is 4. The molecule has 20 heavy (non-hydrogen) atoms. The molecule has 4 heteroatoms. The van der Waals surface area contributed by atoms with Crippen LogP contribution in [0.4, 0.5) is 5.82 Å². The molecule has 1 N–H and O–H groups in total. The van der Waals surface area contributed by atoms with Gasteiger partial charge in [0.2, 0.25) is 0 Å². The van der Waals surface area contributed by atoms with Gasteiger partial charge in [-0.3, -0.25) is 0 Å². The number of thioether (sulfide) groups is 1. The van der Waals surface area contributed by atoms with Crippen molar-refractivity contribution in [1.82, 2.24) is 9.97 Å². The molecule has 2 rings (SSSR count). The van der Waals surface area contributed by atoms with Gasteiger partial charge in [0.05, 0.1) is 5.75 Å². The van der Waals surface area contributed by atoms with Crippen LogP contribution < -0.4 is 5.32 Å². The van der Waals surface area contributed by atoms with Crippen molar-refractivity contribution in [3.05, 3.63) is 17.1 Å². The maximum Gasteiger partial charge on any atom is 0.140 e. The highest BCUT2D eigenvalue weighted by atomic mass is 32.2. The topological polar surface area (TPSA) is 37.8 Å². The van der Waals surface area contributed by atoms with Gasteiger partial charge in [0.15, 0.2) is 0 Å². The van der Waals surface area contributed by atoms with Gasteiger partial charge in [0.1, 0.15) is 11.6 Å². The highest BCUT2D eigenvalue weighted by Crippen LogP contribution is 2.30.